The van der Waals surface area contributed by atoms with Crippen molar-refractivity contribution in [2.75, 3.05) is 11.9 Å². The maximum Gasteiger partial charge on any atom is 0.262 e. The number of hydrogen-bond donors (Lipinski definition) is 2. The molecular formula is C28H23N5O2S. The highest BCUT2D eigenvalue weighted by Crippen LogP contribution is 2.33. The molecule has 0 spiro atoms. The summed E-state index contributed by atoms with van der Waals surface area (Å²) in [5, 5.41) is 10.9. The smallest absolute Gasteiger partial charge is 0.262 e. The van der Waals surface area contributed by atoms with Gasteiger partial charge in [-0.05, 0) is 55.3 Å². The molecule has 6 rings (SSSR count). The minimum atomic E-state index is -0.166. The second kappa shape index (κ2) is 8.98. The summed E-state index contributed by atoms with van der Waals surface area (Å²) in [6, 6.07) is 20.0. The molecule has 0 atom stereocenters. The van der Waals surface area contributed by atoms with E-state index in [1.165, 1.54) is 16.9 Å². The molecule has 3 aromatic carbocycles. The van der Waals surface area contributed by atoms with Crippen molar-refractivity contribution in [3.8, 4) is 17.0 Å². The first-order valence-electron chi connectivity index (χ1n) is 11.6. The van der Waals surface area contributed by atoms with Crippen LogP contribution in [-0.4, -0.2) is 28.4 Å². The highest BCUT2D eigenvalue weighted by Gasteiger charge is 2.18. The van der Waals surface area contributed by atoms with Crippen molar-refractivity contribution < 1.29 is 9.53 Å². The number of anilines is 1. The zero-order valence-electron chi connectivity index (χ0n) is 19.8. The van der Waals surface area contributed by atoms with Crippen LogP contribution in [0.25, 0.3) is 22.2 Å². The van der Waals surface area contributed by atoms with Crippen molar-refractivity contribution in [2.45, 2.75) is 13.8 Å². The molecule has 0 radical (unpaired) electrons. The second-order valence-electron chi connectivity index (χ2n) is 8.63. The van der Waals surface area contributed by atoms with Gasteiger partial charge in [0.1, 0.15) is 5.75 Å². The average molecular weight is 494 g/mol. The minimum Gasteiger partial charge on any atom is -0.482 e. The Bertz CT molecular complexity index is 1720. The molecule has 3 heterocycles. The molecule has 7 nitrogen and oxygen atoms in total. The van der Waals surface area contributed by atoms with Crippen molar-refractivity contribution in [3.05, 3.63) is 93.7 Å². The third-order valence-electron chi connectivity index (χ3n) is 6.32. The van der Waals surface area contributed by atoms with Gasteiger partial charge in [0.2, 0.25) is 4.80 Å². The van der Waals surface area contributed by atoms with E-state index in [2.05, 4.69) is 36.3 Å². The Kier molecular flexibility index (Phi) is 5.50. The molecular weight excluding hydrogens is 470 g/mol. The van der Waals surface area contributed by atoms with Crippen LogP contribution in [0.15, 0.2) is 82.3 Å². The molecule has 1 aliphatic rings. The molecule has 0 unspecified atom stereocenters. The lowest BCUT2D eigenvalue weighted by molar-refractivity contribution is -0.118. The molecule has 2 N–H and O–H groups in total. The van der Waals surface area contributed by atoms with E-state index in [1.807, 2.05) is 71.0 Å². The second-order valence-corrected chi connectivity index (χ2v) is 9.46. The van der Waals surface area contributed by atoms with Gasteiger partial charge in [0.15, 0.2) is 6.61 Å². The first-order valence-corrected chi connectivity index (χ1v) is 12.4. The number of ether oxygens (including phenoxy) is 1. The maximum absolute atomic E-state index is 11.9. The predicted molar refractivity (Wildman–Crippen MR) is 144 cm³/mol. The van der Waals surface area contributed by atoms with Crippen LogP contribution in [0.2, 0.25) is 0 Å². The Morgan fingerprint density at radius 2 is 1.97 bits per heavy atom. The number of thiazole rings is 1. The first kappa shape index (κ1) is 22.1. The lowest BCUT2D eigenvalue weighted by Crippen LogP contribution is -2.25. The summed E-state index contributed by atoms with van der Waals surface area (Å²) in [4.78, 5) is 20.9. The van der Waals surface area contributed by atoms with Gasteiger partial charge in [-0.25, -0.2) is 9.67 Å². The Hall–Kier alpha value is -4.43. The minimum absolute atomic E-state index is 0.0264. The molecule has 0 saturated carbocycles. The molecule has 1 aliphatic heterocycles. The van der Waals surface area contributed by atoms with Crippen LogP contribution in [-0.2, 0) is 4.79 Å². The van der Waals surface area contributed by atoms with Crippen LogP contribution in [0.4, 0.5) is 11.4 Å². The van der Waals surface area contributed by atoms with E-state index < -0.39 is 0 Å². The summed E-state index contributed by atoms with van der Waals surface area (Å²) in [7, 11) is 0. The first-order chi connectivity index (χ1) is 17.6. The summed E-state index contributed by atoms with van der Waals surface area (Å²) >= 11 is 1.52. The molecule has 5 aromatic rings. The van der Waals surface area contributed by atoms with Crippen LogP contribution >= 0.6 is 11.3 Å². The largest absolute Gasteiger partial charge is 0.482 e. The number of amides is 1. The van der Waals surface area contributed by atoms with Gasteiger partial charge in [-0.2, -0.15) is 5.10 Å². The van der Waals surface area contributed by atoms with Crippen molar-refractivity contribution in [1.29, 1.82) is 0 Å². The number of para-hydroxylation sites is 1. The molecule has 178 valence electrons. The van der Waals surface area contributed by atoms with Crippen molar-refractivity contribution in [2.24, 2.45) is 10.1 Å². The zero-order chi connectivity index (χ0) is 24.6. The Morgan fingerprint density at radius 3 is 2.89 bits per heavy atom. The van der Waals surface area contributed by atoms with Crippen molar-refractivity contribution in [1.82, 2.24) is 9.66 Å². The predicted octanol–water partition coefficient (Wildman–Crippen LogP) is 5.76. The van der Waals surface area contributed by atoms with Gasteiger partial charge in [0.25, 0.3) is 5.91 Å². The topological polar surface area (TPSA) is 83.8 Å². The van der Waals surface area contributed by atoms with Gasteiger partial charge < -0.3 is 15.0 Å². The molecule has 0 fully saturated rings. The molecule has 0 aliphatic carbocycles. The highest BCUT2D eigenvalue weighted by molar-refractivity contribution is 7.07. The summed E-state index contributed by atoms with van der Waals surface area (Å²) in [6.45, 7) is 4.19. The third kappa shape index (κ3) is 4.01. The van der Waals surface area contributed by atoms with Gasteiger partial charge in [-0.15, -0.1) is 11.3 Å². The molecule has 8 heteroatoms. The van der Waals surface area contributed by atoms with Gasteiger partial charge in [0.05, 0.1) is 23.3 Å². The molecule has 1 amide bonds. The number of fused-ring (bicyclic) bond motifs is 2. The van der Waals surface area contributed by atoms with E-state index in [0.717, 1.165) is 43.8 Å². The third-order valence-corrected chi connectivity index (χ3v) is 7.14. The fraction of sp³-hybridized carbons (Fsp3) is 0.107. The van der Waals surface area contributed by atoms with E-state index in [0.29, 0.717) is 11.4 Å². The summed E-state index contributed by atoms with van der Waals surface area (Å²) in [5.41, 5.74) is 7.68. The number of aromatic nitrogens is 2. The van der Waals surface area contributed by atoms with Crippen LogP contribution in [0.3, 0.4) is 0 Å². The van der Waals surface area contributed by atoms with E-state index in [-0.39, 0.29) is 12.5 Å². The number of carbonyl (C=O) groups is 1. The van der Waals surface area contributed by atoms with Crippen molar-refractivity contribution in [3.63, 3.8) is 0 Å². The summed E-state index contributed by atoms with van der Waals surface area (Å²) in [5.74, 6) is 0.489. The summed E-state index contributed by atoms with van der Waals surface area (Å²) < 4.78 is 7.38. The normalized spacial score (nSPS) is 13.7. The van der Waals surface area contributed by atoms with Crippen LogP contribution < -0.4 is 14.9 Å². The monoisotopic (exact) mass is 493 g/mol. The summed E-state index contributed by atoms with van der Waals surface area (Å²) in [6.07, 6.45) is 3.80. The zero-order valence-corrected chi connectivity index (χ0v) is 20.6. The average Bonchev–Trinajstić information content (AvgIpc) is 3.49. The number of H-pyrrole nitrogens is 1. The molecule has 2 aromatic heterocycles. The number of aromatic amines is 1. The number of nitrogens with zero attached hydrogens (tertiary/aromatic N) is 3. The number of rotatable bonds is 4. The lowest BCUT2D eigenvalue weighted by Gasteiger charge is -2.18. The van der Waals surface area contributed by atoms with Gasteiger partial charge in [-0.3, -0.25) is 4.79 Å². The fourth-order valence-corrected chi connectivity index (χ4v) is 5.06. The molecule has 0 bridgehead atoms. The van der Waals surface area contributed by atoms with Crippen molar-refractivity contribution >= 4 is 45.7 Å². The van der Waals surface area contributed by atoms with Crippen LogP contribution in [0.1, 0.15) is 16.7 Å². The lowest BCUT2D eigenvalue weighted by atomic mass is 10.1. The van der Waals surface area contributed by atoms with E-state index >= 15 is 0 Å². The number of carbonyl (C=O) groups excluding carboxylic acids is 1. The Labute approximate surface area is 211 Å². The van der Waals surface area contributed by atoms with E-state index in [9.17, 15) is 4.79 Å². The van der Waals surface area contributed by atoms with Crippen LogP contribution in [0, 0.1) is 13.8 Å². The number of benzene rings is 3. The highest BCUT2D eigenvalue weighted by atomic mass is 32.1. The van der Waals surface area contributed by atoms with Gasteiger partial charge >= 0.3 is 0 Å². The number of hydrogen-bond acceptors (Lipinski definition) is 5. The van der Waals surface area contributed by atoms with Gasteiger partial charge in [-0.1, -0.05) is 30.3 Å². The Morgan fingerprint density at radius 1 is 1.08 bits per heavy atom. The maximum atomic E-state index is 11.9. The van der Waals surface area contributed by atoms with Gasteiger partial charge in [0, 0.05) is 33.6 Å². The molecule has 0 saturated heterocycles. The standard InChI is InChI=1S/C28H23N5O2S/c1-17-6-5-9-22(18(17)2)32-28-33(30-14-20-13-29-23-8-4-3-7-21(20)23)25(16-36-28)19-10-11-26-24(12-19)31-27(34)15-35-26/h3-14,16,29H,15H2,1-2H3,(H,31,34). The van der Waals surface area contributed by atoms with E-state index in [1.54, 1.807) is 0 Å². The quantitative estimate of drug-likeness (QED) is 0.312. The SMILES string of the molecule is Cc1cccc(N=c2scc(-c3ccc4c(c3)NC(=O)CO4)n2N=Cc2c[nH]c3ccccc23)c1C. The number of aryl methyl sites for hydroxylation is 1. The van der Waals surface area contributed by atoms with Crippen LogP contribution in [0.5, 0.6) is 5.75 Å². The Balaban J connectivity index is 1.51. The van der Waals surface area contributed by atoms with E-state index in [4.69, 9.17) is 14.8 Å². The molecule has 36 heavy (non-hydrogen) atoms. The number of nitrogens with one attached hydrogen (secondary N) is 2. The fourth-order valence-electron chi connectivity index (χ4n) is 4.21.